The van der Waals surface area contributed by atoms with Crippen LogP contribution in [0.5, 0.6) is 5.75 Å². The molecule has 1 fully saturated rings. The maximum atomic E-state index is 11.3. The first-order valence-corrected chi connectivity index (χ1v) is 6.50. The van der Waals surface area contributed by atoms with Crippen LogP contribution in [-0.2, 0) is 11.2 Å². The number of nitrogens with one attached hydrogen (secondary N) is 1. The van der Waals surface area contributed by atoms with Gasteiger partial charge in [0, 0.05) is 12.1 Å². The topological polar surface area (TPSA) is 58.6 Å². The van der Waals surface area contributed by atoms with Crippen LogP contribution in [0.3, 0.4) is 0 Å². The number of anilines is 1. The molecule has 1 aliphatic heterocycles. The Kier molecular flexibility index (Phi) is 2.96. The van der Waals surface area contributed by atoms with Gasteiger partial charge in [0.2, 0.25) is 5.91 Å². The summed E-state index contributed by atoms with van der Waals surface area (Å²) in [6, 6.07) is 5.71. The summed E-state index contributed by atoms with van der Waals surface area (Å²) >= 11 is 0. The van der Waals surface area contributed by atoms with Gasteiger partial charge in [0.1, 0.15) is 11.9 Å². The van der Waals surface area contributed by atoms with E-state index in [0.29, 0.717) is 6.42 Å². The van der Waals surface area contributed by atoms with E-state index in [-0.39, 0.29) is 18.1 Å². The van der Waals surface area contributed by atoms with E-state index >= 15 is 0 Å². The number of carbonyl (C=O) groups excluding carboxylic acids is 1. The van der Waals surface area contributed by atoms with Crippen molar-refractivity contribution in [2.75, 3.05) is 5.32 Å². The Morgan fingerprint density at radius 3 is 2.94 bits per heavy atom. The molecule has 18 heavy (non-hydrogen) atoms. The number of benzene rings is 1. The summed E-state index contributed by atoms with van der Waals surface area (Å²) in [5.41, 5.74) is 1.99. The predicted octanol–water partition coefficient (Wildman–Crippen LogP) is 1.86. The Morgan fingerprint density at radius 2 is 2.17 bits per heavy atom. The lowest BCUT2D eigenvalue weighted by atomic mass is 10.0. The largest absolute Gasteiger partial charge is 0.488 e. The van der Waals surface area contributed by atoms with E-state index in [9.17, 15) is 9.90 Å². The average molecular weight is 247 g/mol. The molecule has 0 bridgehead atoms. The Bertz CT molecular complexity index is 472. The van der Waals surface area contributed by atoms with Crippen LogP contribution in [-0.4, -0.2) is 23.2 Å². The SMILES string of the molecule is O=C1CCc2cc(O[C@@H]3CCC[C@H]3O)ccc2N1. The van der Waals surface area contributed by atoms with Gasteiger partial charge in [-0.2, -0.15) is 0 Å². The number of ether oxygens (including phenoxy) is 1. The fraction of sp³-hybridized carbons (Fsp3) is 0.500. The maximum Gasteiger partial charge on any atom is 0.224 e. The summed E-state index contributed by atoms with van der Waals surface area (Å²) in [4.78, 5) is 11.3. The Labute approximate surface area is 106 Å². The first kappa shape index (κ1) is 11.5. The van der Waals surface area contributed by atoms with Crippen molar-refractivity contribution < 1.29 is 14.6 Å². The molecule has 2 N–H and O–H groups in total. The summed E-state index contributed by atoms with van der Waals surface area (Å²) in [6.07, 6.45) is 3.61. The zero-order valence-electron chi connectivity index (χ0n) is 10.2. The van der Waals surface area contributed by atoms with Crippen molar-refractivity contribution in [1.29, 1.82) is 0 Å². The molecule has 1 saturated carbocycles. The molecule has 1 aliphatic carbocycles. The molecule has 96 valence electrons. The fourth-order valence-corrected chi connectivity index (χ4v) is 2.65. The van der Waals surface area contributed by atoms with E-state index in [4.69, 9.17) is 4.74 Å². The van der Waals surface area contributed by atoms with Crippen LogP contribution < -0.4 is 10.1 Å². The number of aryl methyl sites for hydroxylation is 1. The first-order chi connectivity index (χ1) is 8.72. The molecule has 0 radical (unpaired) electrons. The van der Waals surface area contributed by atoms with Gasteiger partial charge in [-0.15, -0.1) is 0 Å². The molecule has 0 spiro atoms. The van der Waals surface area contributed by atoms with Gasteiger partial charge < -0.3 is 15.2 Å². The molecule has 1 amide bonds. The van der Waals surface area contributed by atoms with Crippen LogP contribution in [0.25, 0.3) is 0 Å². The summed E-state index contributed by atoms with van der Waals surface area (Å²) < 4.78 is 5.82. The number of amides is 1. The van der Waals surface area contributed by atoms with E-state index in [1.165, 1.54) is 0 Å². The molecule has 1 aromatic rings. The van der Waals surface area contributed by atoms with Crippen molar-refractivity contribution in [3.05, 3.63) is 23.8 Å². The molecule has 0 unspecified atom stereocenters. The number of hydrogen-bond acceptors (Lipinski definition) is 3. The quantitative estimate of drug-likeness (QED) is 0.838. The lowest BCUT2D eigenvalue weighted by Gasteiger charge is -2.20. The number of fused-ring (bicyclic) bond motifs is 1. The van der Waals surface area contributed by atoms with E-state index in [1.54, 1.807) is 0 Å². The summed E-state index contributed by atoms with van der Waals surface area (Å²) in [5, 5.41) is 12.6. The molecule has 3 rings (SSSR count). The number of aliphatic hydroxyl groups is 1. The molecule has 4 nitrogen and oxygen atoms in total. The maximum absolute atomic E-state index is 11.3. The van der Waals surface area contributed by atoms with Crippen molar-refractivity contribution in [2.45, 2.75) is 44.3 Å². The molecular formula is C14H17NO3. The average Bonchev–Trinajstić information content (AvgIpc) is 2.75. The van der Waals surface area contributed by atoms with Crippen molar-refractivity contribution in [1.82, 2.24) is 0 Å². The molecule has 4 heteroatoms. The van der Waals surface area contributed by atoms with Crippen LogP contribution in [0.4, 0.5) is 5.69 Å². The lowest BCUT2D eigenvalue weighted by molar-refractivity contribution is -0.116. The third-order valence-electron chi connectivity index (χ3n) is 3.68. The second-order valence-corrected chi connectivity index (χ2v) is 5.02. The second kappa shape index (κ2) is 4.61. The van der Waals surface area contributed by atoms with Crippen molar-refractivity contribution >= 4 is 11.6 Å². The Balaban J connectivity index is 1.76. The summed E-state index contributed by atoms with van der Waals surface area (Å²) in [6.45, 7) is 0. The molecule has 2 atom stereocenters. The summed E-state index contributed by atoms with van der Waals surface area (Å²) in [5.74, 6) is 0.859. The van der Waals surface area contributed by atoms with Gasteiger partial charge in [-0.25, -0.2) is 0 Å². The molecule has 2 aliphatic rings. The number of aliphatic hydroxyl groups excluding tert-OH is 1. The van der Waals surface area contributed by atoms with Crippen molar-refractivity contribution in [3.8, 4) is 5.75 Å². The molecule has 1 heterocycles. The predicted molar refractivity (Wildman–Crippen MR) is 67.7 cm³/mol. The standard InChI is InChI=1S/C14H17NO3/c16-12-2-1-3-13(12)18-10-5-6-11-9(8-10)4-7-14(17)15-11/h5-6,8,12-13,16H,1-4,7H2,(H,15,17)/t12-,13-/m1/s1. The zero-order valence-corrected chi connectivity index (χ0v) is 10.2. The third-order valence-corrected chi connectivity index (χ3v) is 3.68. The Hall–Kier alpha value is -1.55. The second-order valence-electron chi connectivity index (χ2n) is 5.02. The minimum atomic E-state index is -0.347. The summed E-state index contributed by atoms with van der Waals surface area (Å²) in [7, 11) is 0. The van der Waals surface area contributed by atoms with Crippen LogP contribution in [0.2, 0.25) is 0 Å². The molecule has 0 saturated heterocycles. The van der Waals surface area contributed by atoms with E-state index in [1.807, 2.05) is 18.2 Å². The normalized spacial score (nSPS) is 26.6. The van der Waals surface area contributed by atoms with Gasteiger partial charge in [0.15, 0.2) is 0 Å². The van der Waals surface area contributed by atoms with Gasteiger partial charge in [-0.05, 0) is 49.4 Å². The highest BCUT2D eigenvalue weighted by atomic mass is 16.5. The molecular weight excluding hydrogens is 230 g/mol. The third kappa shape index (κ3) is 2.20. The van der Waals surface area contributed by atoms with Crippen LogP contribution in [0.15, 0.2) is 18.2 Å². The lowest BCUT2D eigenvalue weighted by Crippen LogP contribution is -2.26. The van der Waals surface area contributed by atoms with Gasteiger partial charge in [-0.3, -0.25) is 4.79 Å². The van der Waals surface area contributed by atoms with Crippen molar-refractivity contribution in [2.24, 2.45) is 0 Å². The zero-order chi connectivity index (χ0) is 12.5. The minimum absolute atomic E-state index is 0.0717. The van der Waals surface area contributed by atoms with Crippen LogP contribution >= 0.6 is 0 Å². The number of rotatable bonds is 2. The molecule has 0 aromatic heterocycles. The van der Waals surface area contributed by atoms with E-state index in [0.717, 1.165) is 42.7 Å². The van der Waals surface area contributed by atoms with Gasteiger partial charge in [0.25, 0.3) is 0 Å². The number of hydrogen-bond donors (Lipinski definition) is 2. The monoisotopic (exact) mass is 247 g/mol. The van der Waals surface area contributed by atoms with Crippen molar-refractivity contribution in [3.63, 3.8) is 0 Å². The van der Waals surface area contributed by atoms with Crippen LogP contribution in [0, 0.1) is 0 Å². The highest BCUT2D eigenvalue weighted by Crippen LogP contribution is 2.30. The smallest absolute Gasteiger partial charge is 0.224 e. The van der Waals surface area contributed by atoms with E-state index in [2.05, 4.69) is 5.32 Å². The fourth-order valence-electron chi connectivity index (χ4n) is 2.65. The van der Waals surface area contributed by atoms with Gasteiger partial charge in [0.05, 0.1) is 6.10 Å². The highest BCUT2D eigenvalue weighted by Gasteiger charge is 2.27. The highest BCUT2D eigenvalue weighted by molar-refractivity contribution is 5.93. The van der Waals surface area contributed by atoms with Gasteiger partial charge >= 0.3 is 0 Å². The van der Waals surface area contributed by atoms with E-state index < -0.39 is 0 Å². The minimum Gasteiger partial charge on any atom is -0.488 e. The molecule has 1 aromatic carbocycles. The van der Waals surface area contributed by atoms with Crippen LogP contribution in [0.1, 0.15) is 31.2 Å². The first-order valence-electron chi connectivity index (χ1n) is 6.50. The number of carbonyl (C=O) groups is 1. The Morgan fingerprint density at radius 1 is 1.28 bits per heavy atom. The van der Waals surface area contributed by atoms with Gasteiger partial charge in [-0.1, -0.05) is 0 Å².